The third kappa shape index (κ3) is 4.43. The lowest BCUT2D eigenvalue weighted by Crippen LogP contribution is -2.06. The van der Waals surface area contributed by atoms with E-state index in [0.717, 1.165) is 59.3 Å². The van der Waals surface area contributed by atoms with Crippen molar-refractivity contribution in [2.24, 2.45) is 5.73 Å². The minimum Gasteiger partial charge on any atom is -0.494 e. The van der Waals surface area contributed by atoms with Crippen molar-refractivity contribution in [3.8, 4) is 5.75 Å². The molecule has 0 aliphatic heterocycles. The van der Waals surface area contributed by atoms with Gasteiger partial charge in [-0.3, -0.25) is 0 Å². The molecule has 0 saturated carbocycles. The van der Waals surface area contributed by atoms with Crippen molar-refractivity contribution in [2.75, 3.05) is 18.9 Å². The molecule has 2 aromatic carbocycles. The van der Waals surface area contributed by atoms with Crippen LogP contribution >= 0.6 is 0 Å². The van der Waals surface area contributed by atoms with E-state index >= 15 is 0 Å². The number of nitrogens with two attached hydrogens (primary N) is 2. The number of ether oxygens (including phenoxy) is 1. The van der Waals surface area contributed by atoms with Crippen molar-refractivity contribution < 1.29 is 14.3 Å². The quantitative estimate of drug-likeness (QED) is 0.389. The van der Waals surface area contributed by atoms with Gasteiger partial charge in [0, 0.05) is 23.1 Å². The molecule has 0 spiro atoms. The Morgan fingerprint density at radius 2 is 1.89 bits per heavy atom. The Hall–Kier alpha value is -2.50. The molecule has 0 fully saturated rings. The van der Waals surface area contributed by atoms with E-state index in [9.17, 15) is 5.11 Å². The van der Waals surface area contributed by atoms with E-state index in [2.05, 4.69) is 6.92 Å². The first kappa shape index (κ1) is 19.3. The number of aliphatic hydroxyl groups is 1. The summed E-state index contributed by atoms with van der Waals surface area (Å²) in [5.74, 6) is 1.60. The third-order valence-corrected chi connectivity index (χ3v) is 4.67. The van der Waals surface area contributed by atoms with Gasteiger partial charge in [-0.05, 0) is 55.3 Å². The number of fused-ring (bicyclic) bond motifs is 1. The molecule has 0 aliphatic rings. The molecule has 1 aromatic heterocycles. The zero-order valence-corrected chi connectivity index (χ0v) is 15.8. The van der Waals surface area contributed by atoms with Crippen LogP contribution in [-0.4, -0.2) is 18.3 Å². The van der Waals surface area contributed by atoms with Gasteiger partial charge in [0.25, 0.3) is 0 Å². The van der Waals surface area contributed by atoms with Crippen LogP contribution in [0.5, 0.6) is 5.75 Å². The fraction of sp³-hybridized carbons (Fsp3) is 0.364. The summed E-state index contributed by atoms with van der Waals surface area (Å²) in [5, 5.41) is 12.0. The van der Waals surface area contributed by atoms with Gasteiger partial charge in [0.15, 0.2) is 0 Å². The number of aliphatic hydroxyl groups excluding tert-OH is 1. The predicted octanol–water partition coefficient (Wildman–Crippen LogP) is 4.17. The van der Waals surface area contributed by atoms with Gasteiger partial charge in [0.05, 0.1) is 6.61 Å². The van der Waals surface area contributed by atoms with Gasteiger partial charge < -0.3 is 25.7 Å². The van der Waals surface area contributed by atoms with E-state index in [0.29, 0.717) is 18.8 Å². The summed E-state index contributed by atoms with van der Waals surface area (Å²) in [5.41, 5.74) is 14.5. The van der Waals surface area contributed by atoms with E-state index in [4.69, 9.17) is 20.6 Å². The summed E-state index contributed by atoms with van der Waals surface area (Å²) in [6.07, 6.45) is 2.88. The molecular formula is C22H28N2O3. The van der Waals surface area contributed by atoms with Crippen LogP contribution in [-0.2, 0) is 6.42 Å². The number of furan rings is 1. The second-order valence-electron chi connectivity index (χ2n) is 6.76. The number of nitrogen functional groups attached to an aromatic ring is 1. The first-order valence-corrected chi connectivity index (χ1v) is 9.55. The SMILES string of the molecule is CCCCc1oc2ccc(N)cc2c1C(O)c1ccc(OCCCN)cc1. The van der Waals surface area contributed by atoms with E-state index < -0.39 is 6.10 Å². The molecule has 1 atom stereocenters. The molecular weight excluding hydrogens is 340 g/mol. The van der Waals surface area contributed by atoms with Crippen LogP contribution in [0.3, 0.4) is 0 Å². The molecule has 1 unspecified atom stereocenters. The lowest BCUT2D eigenvalue weighted by atomic mass is 9.96. The predicted molar refractivity (Wildman–Crippen MR) is 109 cm³/mol. The Morgan fingerprint density at radius 3 is 2.59 bits per heavy atom. The number of unbranched alkanes of at least 4 members (excludes halogenated alkanes) is 1. The summed E-state index contributed by atoms with van der Waals surface area (Å²) in [6, 6.07) is 13.1. The fourth-order valence-corrected chi connectivity index (χ4v) is 3.19. The molecule has 1 heterocycles. The fourth-order valence-electron chi connectivity index (χ4n) is 3.19. The molecule has 0 amide bonds. The Kier molecular flexibility index (Phi) is 6.37. The molecule has 3 aromatic rings. The minimum atomic E-state index is -0.780. The highest BCUT2D eigenvalue weighted by molar-refractivity contribution is 5.86. The van der Waals surface area contributed by atoms with Crippen LogP contribution in [0.25, 0.3) is 11.0 Å². The molecule has 144 valence electrons. The van der Waals surface area contributed by atoms with Crippen molar-refractivity contribution >= 4 is 16.7 Å². The molecule has 3 rings (SSSR count). The van der Waals surface area contributed by atoms with Gasteiger partial charge in [-0.15, -0.1) is 0 Å². The zero-order valence-electron chi connectivity index (χ0n) is 15.8. The summed E-state index contributed by atoms with van der Waals surface area (Å²) < 4.78 is 11.7. The van der Waals surface area contributed by atoms with Gasteiger partial charge in [-0.25, -0.2) is 0 Å². The number of aryl methyl sites for hydroxylation is 1. The number of hydrogen-bond donors (Lipinski definition) is 3. The number of anilines is 1. The Balaban J connectivity index is 1.91. The molecule has 5 N–H and O–H groups in total. The summed E-state index contributed by atoms with van der Waals surface area (Å²) >= 11 is 0. The maximum absolute atomic E-state index is 11.1. The molecule has 5 heteroatoms. The molecule has 5 nitrogen and oxygen atoms in total. The van der Waals surface area contributed by atoms with Gasteiger partial charge in [-0.1, -0.05) is 25.5 Å². The van der Waals surface area contributed by atoms with Gasteiger partial charge in [-0.2, -0.15) is 0 Å². The van der Waals surface area contributed by atoms with Crippen molar-refractivity contribution in [1.82, 2.24) is 0 Å². The van der Waals surface area contributed by atoms with Crippen molar-refractivity contribution in [2.45, 2.75) is 38.7 Å². The maximum atomic E-state index is 11.1. The Morgan fingerprint density at radius 1 is 1.11 bits per heavy atom. The largest absolute Gasteiger partial charge is 0.494 e. The first-order chi connectivity index (χ1) is 13.1. The topological polar surface area (TPSA) is 94.6 Å². The number of benzene rings is 2. The second-order valence-corrected chi connectivity index (χ2v) is 6.76. The van der Waals surface area contributed by atoms with Crippen molar-refractivity contribution in [1.29, 1.82) is 0 Å². The van der Waals surface area contributed by atoms with Crippen LogP contribution in [0.15, 0.2) is 46.9 Å². The van der Waals surface area contributed by atoms with Crippen LogP contribution in [0, 0.1) is 0 Å². The lowest BCUT2D eigenvalue weighted by Gasteiger charge is -2.13. The third-order valence-electron chi connectivity index (χ3n) is 4.67. The van der Waals surface area contributed by atoms with Crippen LogP contribution in [0.2, 0.25) is 0 Å². The van der Waals surface area contributed by atoms with Crippen LogP contribution < -0.4 is 16.2 Å². The van der Waals surface area contributed by atoms with E-state index in [1.54, 1.807) is 0 Å². The average Bonchev–Trinajstić information content (AvgIpc) is 3.04. The maximum Gasteiger partial charge on any atom is 0.134 e. The van der Waals surface area contributed by atoms with E-state index in [-0.39, 0.29) is 0 Å². The standard InChI is InChI=1S/C22H28N2O3/c1-2-3-5-20-21(18-14-16(24)8-11-19(18)27-20)22(25)15-6-9-17(10-7-15)26-13-4-12-23/h6-11,14,22,25H,2-5,12-13,23-24H2,1H3. The smallest absolute Gasteiger partial charge is 0.134 e. The van der Waals surface area contributed by atoms with Crippen LogP contribution in [0.1, 0.15) is 49.2 Å². The lowest BCUT2D eigenvalue weighted by molar-refractivity contribution is 0.218. The Bertz CT molecular complexity index is 871. The highest BCUT2D eigenvalue weighted by Gasteiger charge is 2.22. The molecule has 0 radical (unpaired) electrons. The normalized spacial score (nSPS) is 12.4. The highest BCUT2D eigenvalue weighted by atomic mass is 16.5. The zero-order chi connectivity index (χ0) is 19.2. The summed E-state index contributed by atoms with van der Waals surface area (Å²) in [6.45, 7) is 3.33. The highest BCUT2D eigenvalue weighted by Crippen LogP contribution is 2.36. The second kappa shape index (κ2) is 8.93. The van der Waals surface area contributed by atoms with Crippen molar-refractivity contribution in [3.05, 3.63) is 59.4 Å². The average molecular weight is 368 g/mol. The summed E-state index contributed by atoms with van der Waals surface area (Å²) in [4.78, 5) is 0. The summed E-state index contributed by atoms with van der Waals surface area (Å²) in [7, 11) is 0. The number of hydrogen-bond acceptors (Lipinski definition) is 5. The monoisotopic (exact) mass is 368 g/mol. The molecule has 0 aliphatic carbocycles. The van der Waals surface area contributed by atoms with Gasteiger partial charge in [0.2, 0.25) is 0 Å². The Labute approximate surface area is 159 Å². The van der Waals surface area contributed by atoms with E-state index in [1.165, 1.54) is 0 Å². The van der Waals surface area contributed by atoms with Gasteiger partial charge >= 0.3 is 0 Å². The minimum absolute atomic E-state index is 0.589. The molecule has 0 bridgehead atoms. The van der Waals surface area contributed by atoms with Gasteiger partial charge in [0.1, 0.15) is 23.2 Å². The molecule has 27 heavy (non-hydrogen) atoms. The van der Waals surface area contributed by atoms with E-state index in [1.807, 2.05) is 42.5 Å². The number of rotatable bonds is 9. The van der Waals surface area contributed by atoms with Crippen LogP contribution in [0.4, 0.5) is 5.69 Å². The first-order valence-electron chi connectivity index (χ1n) is 9.55. The molecule has 0 saturated heterocycles. The van der Waals surface area contributed by atoms with Crippen molar-refractivity contribution in [3.63, 3.8) is 0 Å².